The molecule has 96 valence electrons. The minimum Gasteiger partial charge on any atom is -0.388 e. The molecule has 2 rings (SSSR count). The molecule has 0 fully saturated rings. The molecule has 5 heteroatoms. The zero-order chi connectivity index (χ0) is 13.1. The molecule has 1 aromatic carbocycles. The van der Waals surface area contributed by atoms with Crippen LogP contribution >= 0.6 is 11.6 Å². The van der Waals surface area contributed by atoms with E-state index in [1.165, 1.54) is 18.2 Å². The number of aromatic nitrogens is 2. The molecule has 1 atom stereocenters. The van der Waals surface area contributed by atoms with Crippen LogP contribution in [0.25, 0.3) is 0 Å². The number of rotatable bonds is 4. The fourth-order valence-corrected chi connectivity index (χ4v) is 2.01. The molecule has 2 aromatic rings. The summed E-state index contributed by atoms with van der Waals surface area (Å²) in [7, 11) is 1.83. The monoisotopic (exact) mass is 268 g/mol. The van der Waals surface area contributed by atoms with Gasteiger partial charge in [0, 0.05) is 23.8 Å². The zero-order valence-corrected chi connectivity index (χ0v) is 10.7. The van der Waals surface area contributed by atoms with Crippen LogP contribution in [-0.2, 0) is 13.5 Å². The molecule has 0 saturated carbocycles. The normalized spacial score (nSPS) is 12.7. The third-order valence-corrected chi connectivity index (χ3v) is 3.02. The molecule has 0 saturated heterocycles. The van der Waals surface area contributed by atoms with Crippen LogP contribution in [0.3, 0.4) is 0 Å². The summed E-state index contributed by atoms with van der Waals surface area (Å²) in [5, 5.41) is 14.4. The summed E-state index contributed by atoms with van der Waals surface area (Å²) < 4.78 is 15.2. The second-order valence-corrected chi connectivity index (χ2v) is 4.68. The molecular formula is C13H14ClFN2O. The van der Waals surface area contributed by atoms with E-state index in [9.17, 15) is 9.50 Å². The Morgan fingerprint density at radius 1 is 1.50 bits per heavy atom. The highest BCUT2D eigenvalue weighted by Gasteiger charge is 2.13. The van der Waals surface area contributed by atoms with Gasteiger partial charge in [-0.3, -0.25) is 4.68 Å². The van der Waals surface area contributed by atoms with Crippen molar-refractivity contribution in [3.63, 3.8) is 0 Å². The maximum atomic E-state index is 13.5. The third kappa shape index (κ3) is 3.09. The zero-order valence-electron chi connectivity index (χ0n) is 9.98. The summed E-state index contributed by atoms with van der Waals surface area (Å²) in [5.41, 5.74) is 1.25. The molecule has 0 radical (unpaired) electrons. The van der Waals surface area contributed by atoms with Crippen molar-refractivity contribution < 1.29 is 9.50 Å². The summed E-state index contributed by atoms with van der Waals surface area (Å²) >= 11 is 5.79. The summed E-state index contributed by atoms with van der Waals surface area (Å²) in [4.78, 5) is 0. The van der Waals surface area contributed by atoms with Gasteiger partial charge in [-0.1, -0.05) is 11.6 Å². The Kier molecular flexibility index (Phi) is 3.99. The first-order valence-corrected chi connectivity index (χ1v) is 6.04. The van der Waals surface area contributed by atoms with Crippen LogP contribution in [0.2, 0.25) is 5.02 Å². The maximum Gasteiger partial charge on any atom is 0.129 e. The Morgan fingerprint density at radius 3 is 2.94 bits per heavy atom. The number of aliphatic hydroxyl groups excluding tert-OH is 1. The average molecular weight is 269 g/mol. The van der Waals surface area contributed by atoms with Crippen molar-refractivity contribution in [3.8, 4) is 0 Å². The standard InChI is InChI=1S/C13H14ClFN2O/c1-17-8-9(7-16-17)2-5-13(18)11-6-10(14)3-4-12(11)15/h3-4,6-8,13,18H,2,5H2,1H3. The lowest BCUT2D eigenvalue weighted by Crippen LogP contribution is -2.02. The van der Waals surface area contributed by atoms with Gasteiger partial charge in [-0.2, -0.15) is 5.10 Å². The molecule has 0 bridgehead atoms. The molecule has 3 nitrogen and oxygen atoms in total. The Balaban J connectivity index is 2.03. The van der Waals surface area contributed by atoms with Crippen LogP contribution < -0.4 is 0 Å². The largest absolute Gasteiger partial charge is 0.388 e. The molecule has 1 aromatic heterocycles. The van der Waals surface area contributed by atoms with Crippen LogP contribution in [0, 0.1) is 5.82 Å². The number of aliphatic hydroxyl groups is 1. The van der Waals surface area contributed by atoms with Crippen molar-refractivity contribution in [2.24, 2.45) is 7.05 Å². The van der Waals surface area contributed by atoms with Gasteiger partial charge in [0.1, 0.15) is 5.82 Å². The van der Waals surface area contributed by atoms with E-state index in [0.29, 0.717) is 17.9 Å². The van der Waals surface area contributed by atoms with Gasteiger partial charge in [0.15, 0.2) is 0 Å². The van der Waals surface area contributed by atoms with Crippen molar-refractivity contribution in [1.82, 2.24) is 9.78 Å². The van der Waals surface area contributed by atoms with Crippen molar-refractivity contribution in [3.05, 3.63) is 52.6 Å². The molecule has 0 aliphatic carbocycles. The predicted octanol–water partition coefficient (Wildman–Crippen LogP) is 2.88. The van der Waals surface area contributed by atoms with Crippen LogP contribution in [0.4, 0.5) is 4.39 Å². The lowest BCUT2D eigenvalue weighted by atomic mass is 10.0. The van der Waals surface area contributed by atoms with E-state index in [2.05, 4.69) is 5.10 Å². The van der Waals surface area contributed by atoms with Gasteiger partial charge in [-0.05, 0) is 36.6 Å². The van der Waals surface area contributed by atoms with E-state index >= 15 is 0 Å². The quantitative estimate of drug-likeness (QED) is 0.926. The molecule has 0 spiro atoms. The fraction of sp³-hybridized carbons (Fsp3) is 0.308. The molecular weight excluding hydrogens is 255 g/mol. The Morgan fingerprint density at radius 2 is 2.28 bits per heavy atom. The molecule has 0 amide bonds. The lowest BCUT2D eigenvalue weighted by molar-refractivity contribution is 0.163. The van der Waals surface area contributed by atoms with Crippen molar-refractivity contribution in [2.75, 3.05) is 0 Å². The van der Waals surface area contributed by atoms with E-state index in [1.54, 1.807) is 10.9 Å². The van der Waals surface area contributed by atoms with Gasteiger partial charge in [-0.15, -0.1) is 0 Å². The SMILES string of the molecule is Cn1cc(CCC(O)c2cc(Cl)ccc2F)cn1. The van der Waals surface area contributed by atoms with E-state index in [-0.39, 0.29) is 5.56 Å². The summed E-state index contributed by atoms with van der Waals surface area (Å²) in [5.74, 6) is -0.432. The van der Waals surface area contributed by atoms with Gasteiger partial charge in [0.25, 0.3) is 0 Å². The van der Waals surface area contributed by atoms with Gasteiger partial charge in [0.2, 0.25) is 0 Å². The first kappa shape index (κ1) is 13.1. The smallest absolute Gasteiger partial charge is 0.129 e. The summed E-state index contributed by atoms with van der Waals surface area (Å²) in [6, 6.07) is 4.20. The molecule has 1 unspecified atom stereocenters. The Hall–Kier alpha value is -1.39. The second kappa shape index (κ2) is 5.50. The van der Waals surface area contributed by atoms with Crippen LogP contribution in [0.15, 0.2) is 30.6 Å². The molecule has 0 aliphatic rings. The van der Waals surface area contributed by atoms with Gasteiger partial charge in [0.05, 0.1) is 12.3 Å². The molecule has 18 heavy (non-hydrogen) atoms. The van der Waals surface area contributed by atoms with E-state index in [1.807, 2.05) is 13.2 Å². The molecule has 1 heterocycles. The van der Waals surface area contributed by atoms with E-state index in [0.717, 1.165) is 5.56 Å². The Labute approximate surface area is 110 Å². The minimum absolute atomic E-state index is 0.242. The van der Waals surface area contributed by atoms with Crippen LogP contribution in [0.1, 0.15) is 23.7 Å². The highest BCUT2D eigenvalue weighted by Crippen LogP contribution is 2.24. The highest BCUT2D eigenvalue weighted by molar-refractivity contribution is 6.30. The van der Waals surface area contributed by atoms with Crippen LogP contribution in [0.5, 0.6) is 0 Å². The number of aryl methyl sites for hydroxylation is 2. The molecule has 0 aliphatic heterocycles. The molecule has 1 N–H and O–H groups in total. The fourth-order valence-electron chi connectivity index (χ4n) is 1.83. The Bertz CT molecular complexity index is 542. The lowest BCUT2D eigenvalue weighted by Gasteiger charge is -2.11. The predicted molar refractivity (Wildman–Crippen MR) is 67.9 cm³/mol. The maximum absolute atomic E-state index is 13.5. The summed E-state index contributed by atoms with van der Waals surface area (Å²) in [6.07, 6.45) is 3.83. The van der Waals surface area contributed by atoms with E-state index < -0.39 is 11.9 Å². The summed E-state index contributed by atoms with van der Waals surface area (Å²) in [6.45, 7) is 0. The first-order valence-electron chi connectivity index (χ1n) is 5.67. The highest BCUT2D eigenvalue weighted by atomic mass is 35.5. The topological polar surface area (TPSA) is 38.0 Å². The van der Waals surface area contributed by atoms with E-state index in [4.69, 9.17) is 11.6 Å². The van der Waals surface area contributed by atoms with Gasteiger partial charge < -0.3 is 5.11 Å². The van der Waals surface area contributed by atoms with Crippen molar-refractivity contribution in [1.29, 1.82) is 0 Å². The number of nitrogens with zero attached hydrogens (tertiary/aromatic N) is 2. The van der Waals surface area contributed by atoms with Crippen molar-refractivity contribution in [2.45, 2.75) is 18.9 Å². The minimum atomic E-state index is -0.857. The average Bonchev–Trinajstić information content (AvgIpc) is 2.75. The first-order chi connectivity index (χ1) is 8.56. The van der Waals surface area contributed by atoms with Crippen LogP contribution in [-0.4, -0.2) is 14.9 Å². The third-order valence-electron chi connectivity index (χ3n) is 2.78. The second-order valence-electron chi connectivity index (χ2n) is 4.24. The number of halogens is 2. The number of benzene rings is 1. The number of hydrogen-bond donors (Lipinski definition) is 1. The number of hydrogen-bond acceptors (Lipinski definition) is 2. The van der Waals surface area contributed by atoms with Gasteiger partial charge >= 0.3 is 0 Å². The van der Waals surface area contributed by atoms with Crippen molar-refractivity contribution >= 4 is 11.6 Å². The van der Waals surface area contributed by atoms with Gasteiger partial charge in [-0.25, -0.2) is 4.39 Å².